The van der Waals surface area contributed by atoms with Gasteiger partial charge >= 0.3 is 0 Å². The molecule has 5 heteroatoms. The number of hydrogen-bond donors (Lipinski definition) is 1. The van der Waals surface area contributed by atoms with E-state index in [-0.39, 0.29) is 5.75 Å². The zero-order valence-corrected chi connectivity index (χ0v) is 16.5. The molecule has 5 nitrogen and oxygen atoms in total. The number of benzene rings is 2. The third-order valence-corrected chi connectivity index (χ3v) is 5.71. The summed E-state index contributed by atoms with van der Waals surface area (Å²) in [7, 11) is 3.79. The van der Waals surface area contributed by atoms with Crippen LogP contribution in [0.25, 0.3) is 22.5 Å². The monoisotopic (exact) mass is 377 g/mol. The highest BCUT2D eigenvalue weighted by molar-refractivity contribution is 5.79. The minimum Gasteiger partial charge on any atom is -0.504 e. The van der Waals surface area contributed by atoms with Crippen molar-refractivity contribution in [1.82, 2.24) is 14.5 Å². The molecule has 1 atom stereocenters. The van der Waals surface area contributed by atoms with Crippen molar-refractivity contribution in [3.05, 3.63) is 54.9 Å². The number of likely N-dealkylation sites (tertiary alicyclic amines) is 1. The van der Waals surface area contributed by atoms with Crippen LogP contribution >= 0.6 is 0 Å². The molecule has 0 spiro atoms. The van der Waals surface area contributed by atoms with Crippen molar-refractivity contribution in [1.29, 1.82) is 0 Å². The zero-order valence-electron chi connectivity index (χ0n) is 16.5. The number of phenolic OH excluding ortho intramolecular Hbond substituents is 1. The van der Waals surface area contributed by atoms with Crippen molar-refractivity contribution >= 4 is 0 Å². The number of methoxy groups -OCH3 is 1. The molecule has 2 aromatic carbocycles. The molecular formula is C23H27N3O2. The maximum absolute atomic E-state index is 10.0. The lowest BCUT2D eigenvalue weighted by atomic mass is 10.0. The predicted octanol–water partition coefficient (Wildman–Crippen LogP) is 4.42. The second-order valence-electron chi connectivity index (χ2n) is 7.45. The van der Waals surface area contributed by atoms with E-state index in [4.69, 9.17) is 9.72 Å². The largest absolute Gasteiger partial charge is 0.504 e. The Morgan fingerprint density at radius 2 is 1.96 bits per heavy atom. The van der Waals surface area contributed by atoms with Crippen LogP contribution in [-0.4, -0.2) is 46.3 Å². The van der Waals surface area contributed by atoms with Crippen LogP contribution in [0.3, 0.4) is 0 Å². The van der Waals surface area contributed by atoms with Crippen LogP contribution in [-0.2, 0) is 6.54 Å². The number of ether oxygens (including phenoxy) is 1. The molecule has 1 fully saturated rings. The van der Waals surface area contributed by atoms with Gasteiger partial charge in [0.2, 0.25) is 0 Å². The van der Waals surface area contributed by atoms with E-state index in [0.29, 0.717) is 11.8 Å². The summed E-state index contributed by atoms with van der Waals surface area (Å²) in [4.78, 5) is 7.21. The fraction of sp³-hybridized carbons (Fsp3) is 0.348. The highest BCUT2D eigenvalue weighted by Gasteiger charge is 2.22. The van der Waals surface area contributed by atoms with Gasteiger partial charge in [0.15, 0.2) is 11.5 Å². The van der Waals surface area contributed by atoms with E-state index >= 15 is 0 Å². The lowest BCUT2D eigenvalue weighted by Gasteiger charge is -2.20. The zero-order chi connectivity index (χ0) is 19.5. The van der Waals surface area contributed by atoms with Crippen molar-refractivity contribution < 1.29 is 9.84 Å². The van der Waals surface area contributed by atoms with Gasteiger partial charge in [-0.1, -0.05) is 30.3 Å². The molecule has 0 bridgehead atoms. The Bertz CT molecular complexity index is 936. The summed E-state index contributed by atoms with van der Waals surface area (Å²) in [5, 5.41) is 10.0. The summed E-state index contributed by atoms with van der Waals surface area (Å²) < 4.78 is 7.57. The number of phenols is 1. The molecular weight excluding hydrogens is 350 g/mol. The maximum atomic E-state index is 10.0. The van der Waals surface area contributed by atoms with Gasteiger partial charge in [0.05, 0.1) is 24.8 Å². The Kier molecular flexibility index (Phi) is 5.35. The van der Waals surface area contributed by atoms with Crippen LogP contribution in [0, 0.1) is 0 Å². The van der Waals surface area contributed by atoms with E-state index in [2.05, 4.69) is 28.6 Å². The van der Waals surface area contributed by atoms with Crippen molar-refractivity contribution in [2.75, 3.05) is 20.7 Å². The molecule has 0 amide bonds. The van der Waals surface area contributed by atoms with E-state index in [9.17, 15) is 5.11 Å². The molecule has 3 aromatic rings. The average Bonchev–Trinajstić information content (AvgIpc) is 3.33. The van der Waals surface area contributed by atoms with Gasteiger partial charge in [-0.05, 0) is 51.1 Å². The van der Waals surface area contributed by atoms with Gasteiger partial charge in [0.1, 0.15) is 0 Å². The Labute approximate surface area is 166 Å². The van der Waals surface area contributed by atoms with Crippen LogP contribution in [0.4, 0.5) is 0 Å². The smallest absolute Gasteiger partial charge is 0.161 e. The van der Waals surface area contributed by atoms with Crippen molar-refractivity contribution in [2.24, 2.45) is 0 Å². The molecule has 1 saturated heterocycles. The Morgan fingerprint density at radius 1 is 1.14 bits per heavy atom. The second-order valence-corrected chi connectivity index (χ2v) is 7.45. The van der Waals surface area contributed by atoms with E-state index < -0.39 is 0 Å². The molecule has 0 radical (unpaired) electrons. The molecule has 1 aliphatic rings. The minimum atomic E-state index is 0.145. The van der Waals surface area contributed by atoms with Gasteiger partial charge < -0.3 is 19.3 Å². The standard InChI is InChI=1S/C23H27N3O2/c1-25-13-6-9-19(25)12-14-26-16-24-22(17-7-4-3-5-8-17)23(26)18-10-11-20(27)21(15-18)28-2/h3-5,7-8,10-11,15-16,19,27H,6,9,12-14H2,1-2H3. The minimum absolute atomic E-state index is 0.145. The number of rotatable bonds is 6. The molecule has 4 rings (SSSR count). The van der Waals surface area contributed by atoms with E-state index in [1.807, 2.05) is 36.7 Å². The van der Waals surface area contributed by atoms with E-state index in [0.717, 1.165) is 35.5 Å². The summed E-state index contributed by atoms with van der Waals surface area (Å²) in [6, 6.07) is 16.4. The van der Waals surface area contributed by atoms with Crippen LogP contribution in [0.1, 0.15) is 19.3 Å². The SMILES string of the molecule is COc1cc(-c2c(-c3ccccc3)ncn2CCC2CCCN2C)ccc1O. The molecule has 28 heavy (non-hydrogen) atoms. The highest BCUT2D eigenvalue weighted by atomic mass is 16.5. The van der Waals surface area contributed by atoms with Gasteiger partial charge in [-0.15, -0.1) is 0 Å². The topological polar surface area (TPSA) is 50.5 Å². The first-order valence-electron chi connectivity index (χ1n) is 9.85. The van der Waals surface area contributed by atoms with Crippen LogP contribution < -0.4 is 4.74 Å². The van der Waals surface area contributed by atoms with E-state index in [1.54, 1.807) is 13.2 Å². The van der Waals surface area contributed by atoms with Crippen molar-refractivity contribution in [2.45, 2.75) is 31.8 Å². The molecule has 146 valence electrons. The Morgan fingerprint density at radius 3 is 2.68 bits per heavy atom. The lowest BCUT2D eigenvalue weighted by molar-refractivity contribution is 0.286. The second kappa shape index (κ2) is 8.07. The summed E-state index contributed by atoms with van der Waals surface area (Å²) in [5.41, 5.74) is 4.09. The molecule has 1 N–H and O–H groups in total. The van der Waals surface area contributed by atoms with Crippen LogP contribution in [0.2, 0.25) is 0 Å². The van der Waals surface area contributed by atoms with Crippen LogP contribution in [0.5, 0.6) is 11.5 Å². The van der Waals surface area contributed by atoms with Gasteiger partial charge in [-0.2, -0.15) is 0 Å². The van der Waals surface area contributed by atoms with Crippen molar-refractivity contribution in [3.63, 3.8) is 0 Å². The number of imidazole rings is 1. The average molecular weight is 377 g/mol. The quantitative estimate of drug-likeness (QED) is 0.691. The predicted molar refractivity (Wildman–Crippen MR) is 112 cm³/mol. The first kappa shape index (κ1) is 18.6. The van der Waals surface area contributed by atoms with E-state index in [1.165, 1.54) is 19.4 Å². The fourth-order valence-electron chi connectivity index (χ4n) is 4.12. The van der Waals surface area contributed by atoms with Gasteiger partial charge in [-0.25, -0.2) is 4.98 Å². The molecule has 2 heterocycles. The third-order valence-electron chi connectivity index (χ3n) is 5.71. The molecule has 1 unspecified atom stereocenters. The molecule has 1 aromatic heterocycles. The summed E-state index contributed by atoms with van der Waals surface area (Å²) in [6.07, 6.45) is 5.58. The number of aromatic hydroxyl groups is 1. The van der Waals surface area contributed by atoms with Crippen LogP contribution in [0.15, 0.2) is 54.9 Å². The molecule has 1 aliphatic heterocycles. The summed E-state index contributed by atoms with van der Waals surface area (Å²) in [5.74, 6) is 0.617. The van der Waals surface area contributed by atoms with Crippen molar-refractivity contribution in [3.8, 4) is 34.0 Å². The number of hydrogen-bond acceptors (Lipinski definition) is 4. The van der Waals surface area contributed by atoms with Gasteiger partial charge in [0, 0.05) is 23.7 Å². The highest BCUT2D eigenvalue weighted by Crippen LogP contribution is 2.36. The Hall–Kier alpha value is -2.79. The summed E-state index contributed by atoms with van der Waals surface area (Å²) >= 11 is 0. The first-order chi connectivity index (χ1) is 13.7. The normalized spacial score (nSPS) is 17.1. The Balaban J connectivity index is 1.73. The maximum Gasteiger partial charge on any atom is 0.161 e. The summed E-state index contributed by atoms with van der Waals surface area (Å²) in [6.45, 7) is 2.10. The number of nitrogens with zero attached hydrogens (tertiary/aromatic N) is 3. The fourth-order valence-corrected chi connectivity index (χ4v) is 4.12. The number of aryl methyl sites for hydroxylation is 1. The van der Waals surface area contributed by atoms with Gasteiger partial charge in [0.25, 0.3) is 0 Å². The molecule has 0 aliphatic carbocycles. The van der Waals surface area contributed by atoms with Gasteiger partial charge in [-0.3, -0.25) is 0 Å². The molecule has 0 saturated carbocycles. The lowest BCUT2D eigenvalue weighted by Crippen LogP contribution is -2.26. The number of aromatic nitrogens is 2. The first-order valence-corrected chi connectivity index (χ1v) is 9.85. The third kappa shape index (κ3) is 3.62.